The van der Waals surface area contributed by atoms with Gasteiger partial charge in [-0.3, -0.25) is 0 Å². The Morgan fingerprint density at radius 2 is 2.38 bits per heavy atom. The largest absolute Gasteiger partial charge is 0.388 e. The molecule has 2 rings (SSSR count). The van der Waals surface area contributed by atoms with Gasteiger partial charge in [0.1, 0.15) is 0 Å². The number of halogens is 1. The van der Waals surface area contributed by atoms with Gasteiger partial charge in [-0.15, -0.1) is 11.3 Å². The molecule has 1 unspecified atom stereocenters. The van der Waals surface area contributed by atoms with E-state index in [0.717, 1.165) is 21.0 Å². The fourth-order valence-corrected chi connectivity index (χ4v) is 3.00. The fourth-order valence-electron chi connectivity index (χ4n) is 1.43. The van der Waals surface area contributed by atoms with Gasteiger partial charge in [0.15, 0.2) is 0 Å². The smallest absolute Gasteiger partial charge is 0.0885 e. The van der Waals surface area contributed by atoms with Crippen LogP contribution in [0, 0.1) is 12.8 Å². The molecule has 1 nitrogen and oxygen atoms in total. The Morgan fingerprint density at radius 1 is 1.69 bits per heavy atom. The number of aliphatic hydroxyl groups is 1. The molecule has 0 radical (unpaired) electrons. The third kappa shape index (κ3) is 2.33. The summed E-state index contributed by atoms with van der Waals surface area (Å²) in [4.78, 5) is 1.11. The van der Waals surface area contributed by atoms with Gasteiger partial charge in [-0.1, -0.05) is 12.8 Å². The van der Waals surface area contributed by atoms with Crippen LogP contribution in [0.3, 0.4) is 0 Å². The summed E-state index contributed by atoms with van der Waals surface area (Å²) in [5.41, 5.74) is 1.23. The molecule has 0 aliphatic heterocycles. The van der Waals surface area contributed by atoms with Crippen LogP contribution in [0.1, 0.15) is 35.8 Å². The van der Waals surface area contributed by atoms with Crippen molar-refractivity contribution < 1.29 is 5.11 Å². The molecule has 1 aromatic rings. The molecule has 0 amide bonds. The molecule has 1 saturated carbocycles. The van der Waals surface area contributed by atoms with Crippen molar-refractivity contribution in [2.45, 2.75) is 32.3 Å². The van der Waals surface area contributed by atoms with E-state index in [1.54, 1.807) is 11.3 Å². The number of hydrogen-bond donors (Lipinski definition) is 1. The second-order valence-electron chi connectivity index (χ2n) is 3.80. The molecule has 1 atom stereocenters. The summed E-state index contributed by atoms with van der Waals surface area (Å²) in [5, 5.41) is 9.86. The standard InChI is InChI=1S/C10H13BrOS/c1-6-4-9(13-10(6)11)8(12)5-7-2-3-7/h4,7-8,12H,2-3,5H2,1H3. The van der Waals surface area contributed by atoms with E-state index in [-0.39, 0.29) is 6.10 Å². The van der Waals surface area contributed by atoms with E-state index in [1.807, 2.05) is 0 Å². The zero-order chi connectivity index (χ0) is 9.42. The number of aryl methyl sites for hydroxylation is 1. The van der Waals surface area contributed by atoms with Crippen LogP contribution in [-0.2, 0) is 0 Å². The third-order valence-electron chi connectivity index (χ3n) is 2.46. The molecule has 1 fully saturated rings. The van der Waals surface area contributed by atoms with Crippen LogP contribution >= 0.6 is 27.3 Å². The first-order chi connectivity index (χ1) is 6.16. The second kappa shape index (κ2) is 3.71. The Labute approximate surface area is 90.9 Å². The van der Waals surface area contributed by atoms with Gasteiger partial charge in [-0.25, -0.2) is 0 Å². The molecular formula is C10H13BrOS. The monoisotopic (exact) mass is 260 g/mol. The Morgan fingerprint density at radius 3 is 2.85 bits per heavy atom. The molecule has 3 heteroatoms. The van der Waals surface area contributed by atoms with E-state index in [1.165, 1.54) is 18.4 Å². The first-order valence-electron chi connectivity index (χ1n) is 4.60. The van der Waals surface area contributed by atoms with Crippen molar-refractivity contribution >= 4 is 27.3 Å². The van der Waals surface area contributed by atoms with Gasteiger partial charge < -0.3 is 5.11 Å². The quantitative estimate of drug-likeness (QED) is 0.880. The summed E-state index contributed by atoms with van der Waals surface area (Å²) in [6.07, 6.45) is 3.33. The minimum atomic E-state index is -0.234. The van der Waals surface area contributed by atoms with Crippen LogP contribution in [0.2, 0.25) is 0 Å². The number of hydrogen-bond acceptors (Lipinski definition) is 2. The first kappa shape index (κ1) is 9.69. The molecule has 1 aromatic heterocycles. The van der Waals surface area contributed by atoms with Gasteiger partial charge >= 0.3 is 0 Å². The van der Waals surface area contributed by atoms with E-state index in [4.69, 9.17) is 0 Å². The Kier molecular flexibility index (Phi) is 2.77. The lowest BCUT2D eigenvalue weighted by molar-refractivity contribution is 0.164. The van der Waals surface area contributed by atoms with Crippen molar-refractivity contribution in [1.82, 2.24) is 0 Å². The number of rotatable bonds is 3. The molecule has 1 aliphatic carbocycles. The summed E-state index contributed by atoms with van der Waals surface area (Å²) in [7, 11) is 0. The zero-order valence-corrected chi connectivity index (χ0v) is 9.99. The van der Waals surface area contributed by atoms with Crippen LogP contribution in [0.25, 0.3) is 0 Å². The van der Waals surface area contributed by atoms with E-state index < -0.39 is 0 Å². The van der Waals surface area contributed by atoms with Crippen LogP contribution in [0.15, 0.2) is 9.85 Å². The summed E-state index contributed by atoms with van der Waals surface area (Å²) < 4.78 is 1.15. The molecule has 1 heterocycles. The van der Waals surface area contributed by atoms with E-state index in [9.17, 15) is 5.11 Å². The zero-order valence-electron chi connectivity index (χ0n) is 7.59. The van der Waals surface area contributed by atoms with E-state index >= 15 is 0 Å². The van der Waals surface area contributed by atoms with Crippen molar-refractivity contribution in [1.29, 1.82) is 0 Å². The van der Waals surface area contributed by atoms with Gasteiger partial charge in [-0.05, 0) is 46.8 Å². The minimum Gasteiger partial charge on any atom is -0.388 e. The Bertz CT molecular complexity index is 284. The Hall–Kier alpha value is 0.140. The van der Waals surface area contributed by atoms with Gasteiger partial charge in [0.25, 0.3) is 0 Å². The lowest BCUT2D eigenvalue weighted by Crippen LogP contribution is -1.94. The summed E-state index contributed by atoms with van der Waals surface area (Å²) in [6.45, 7) is 2.06. The highest BCUT2D eigenvalue weighted by molar-refractivity contribution is 9.11. The fraction of sp³-hybridized carbons (Fsp3) is 0.600. The van der Waals surface area contributed by atoms with Crippen molar-refractivity contribution in [2.24, 2.45) is 5.92 Å². The first-order valence-corrected chi connectivity index (χ1v) is 6.21. The lowest BCUT2D eigenvalue weighted by atomic mass is 10.1. The average molecular weight is 261 g/mol. The molecule has 1 N–H and O–H groups in total. The predicted molar refractivity (Wildman–Crippen MR) is 59.1 cm³/mol. The van der Waals surface area contributed by atoms with Crippen LogP contribution in [0.5, 0.6) is 0 Å². The summed E-state index contributed by atoms with van der Waals surface area (Å²) >= 11 is 5.13. The van der Waals surface area contributed by atoms with Crippen molar-refractivity contribution in [3.63, 3.8) is 0 Å². The average Bonchev–Trinajstić information content (AvgIpc) is 2.81. The van der Waals surface area contributed by atoms with Crippen LogP contribution < -0.4 is 0 Å². The molecule has 72 valence electrons. The predicted octanol–water partition coefficient (Wildman–Crippen LogP) is 3.65. The molecular weight excluding hydrogens is 248 g/mol. The highest BCUT2D eigenvalue weighted by Gasteiger charge is 2.26. The molecule has 0 aromatic carbocycles. The van der Waals surface area contributed by atoms with Gasteiger partial charge in [0, 0.05) is 4.88 Å². The van der Waals surface area contributed by atoms with E-state index in [2.05, 4.69) is 28.9 Å². The van der Waals surface area contributed by atoms with Crippen LogP contribution in [-0.4, -0.2) is 5.11 Å². The second-order valence-corrected chi connectivity index (χ2v) is 6.20. The maximum Gasteiger partial charge on any atom is 0.0885 e. The number of thiophene rings is 1. The highest BCUT2D eigenvalue weighted by atomic mass is 79.9. The van der Waals surface area contributed by atoms with Crippen molar-refractivity contribution in [2.75, 3.05) is 0 Å². The Balaban J connectivity index is 2.05. The SMILES string of the molecule is Cc1cc(C(O)CC2CC2)sc1Br. The topological polar surface area (TPSA) is 20.2 Å². The number of aliphatic hydroxyl groups excluding tert-OH is 1. The van der Waals surface area contributed by atoms with Crippen LogP contribution in [0.4, 0.5) is 0 Å². The van der Waals surface area contributed by atoms with Gasteiger partial charge in [-0.2, -0.15) is 0 Å². The summed E-state index contributed by atoms with van der Waals surface area (Å²) in [5.74, 6) is 0.788. The normalized spacial score (nSPS) is 19.0. The molecule has 13 heavy (non-hydrogen) atoms. The molecule has 0 saturated heterocycles. The lowest BCUT2D eigenvalue weighted by Gasteiger charge is -2.05. The highest BCUT2D eigenvalue weighted by Crippen LogP contribution is 2.40. The molecule has 0 spiro atoms. The minimum absolute atomic E-state index is 0.234. The maximum absolute atomic E-state index is 9.86. The molecule has 0 bridgehead atoms. The summed E-state index contributed by atoms with van der Waals surface area (Å²) in [6, 6.07) is 2.09. The molecule has 1 aliphatic rings. The van der Waals surface area contributed by atoms with E-state index in [0.29, 0.717) is 0 Å². The van der Waals surface area contributed by atoms with Gasteiger partial charge in [0.05, 0.1) is 9.89 Å². The maximum atomic E-state index is 9.86. The van der Waals surface area contributed by atoms with Crippen molar-refractivity contribution in [3.05, 3.63) is 20.3 Å². The third-order valence-corrected chi connectivity index (χ3v) is 4.70. The van der Waals surface area contributed by atoms with Crippen molar-refractivity contribution in [3.8, 4) is 0 Å². The van der Waals surface area contributed by atoms with Gasteiger partial charge in [0.2, 0.25) is 0 Å².